The molecule has 0 saturated heterocycles. The third-order valence-corrected chi connectivity index (χ3v) is 4.15. The van der Waals surface area contributed by atoms with Crippen LogP contribution in [0, 0.1) is 34.8 Å². The maximum Gasteiger partial charge on any atom is 4.00 e. The Kier molecular flexibility index (Phi) is 13.6. The second-order valence-corrected chi connectivity index (χ2v) is 8.78. The van der Waals surface area contributed by atoms with Gasteiger partial charge in [-0.2, -0.15) is 23.3 Å². The number of hydrogen-bond acceptors (Lipinski definition) is 0. The van der Waals surface area contributed by atoms with Crippen LogP contribution in [0.2, 0.25) is 0 Å². The van der Waals surface area contributed by atoms with Crippen LogP contribution in [0.15, 0.2) is 34.4 Å². The van der Waals surface area contributed by atoms with Crippen LogP contribution in [-0.2, 0) is 25.8 Å². The maximum atomic E-state index is 3.40. The van der Waals surface area contributed by atoms with Gasteiger partial charge in [0.15, 0.2) is 0 Å². The molecule has 0 nitrogen and oxygen atoms in total. The Morgan fingerprint density at radius 2 is 0.920 bits per heavy atom. The molecule has 0 bridgehead atoms. The summed E-state index contributed by atoms with van der Waals surface area (Å²) < 4.78 is 0. The summed E-state index contributed by atoms with van der Waals surface area (Å²) >= 11 is 0. The van der Waals surface area contributed by atoms with Gasteiger partial charge in [-0.05, 0) is 0 Å². The van der Waals surface area contributed by atoms with Crippen LogP contribution < -0.4 is 24.8 Å². The van der Waals surface area contributed by atoms with Crippen molar-refractivity contribution in [3.8, 4) is 0 Å². The quantitative estimate of drug-likeness (QED) is 0.310. The molecule has 0 spiro atoms. The van der Waals surface area contributed by atoms with E-state index in [-0.39, 0.29) is 50.7 Å². The summed E-state index contributed by atoms with van der Waals surface area (Å²) in [6.07, 6.45) is 11.4. The average molecular weight is 548 g/mol. The summed E-state index contributed by atoms with van der Waals surface area (Å²) in [5.41, 5.74) is 6.19. The Balaban J connectivity index is -0.000000346. The second kappa shape index (κ2) is 11.3. The van der Waals surface area contributed by atoms with Crippen molar-refractivity contribution in [2.24, 2.45) is 22.7 Å². The minimum absolute atomic E-state index is 0. The third kappa shape index (κ3) is 9.25. The zero-order chi connectivity index (χ0) is 17.3. The minimum atomic E-state index is 0. The Labute approximate surface area is 188 Å². The first-order chi connectivity index (χ1) is 9.82. The molecule has 0 radical (unpaired) electrons. The number of rotatable bonds is 0. The van der Waals surface area contributed by atoms with Gasteiger partial charge >= 0.3 is 25.8 Å². The van der Waals surface area contributed by atoms with Gasteiger partial charge in [0.2, 0.25) is 0 Å². The smallest absolute Gasteiger partial charge is 1.00 e. The van der Waals surface area contributed by atoms with Gasteiger partial charge in [-0.3, -0.25) is 12.2 Å². The first-order valence-corrected chi connectivity index (χ1v) is 8.48. The topological polar surface area (TPSA) is 0 Å². The molecule has 2 aliphatic rings. The molecule has 0 N–H and O–H groups in total. The summed E-state index contributed by atoms with van der Waals surface area (Å²) in [6, 6.07) is 0. The number of halogens is 2. The molecule has 0 heterocycles. The molecule has 0 aliphatic heterocycles. The molecule has 2 atom stereocenters. The van der Waals surface area contributed by atoms with Crippen LogP contribution in [-0.4, -0.2) is 0 Å². The van der Waals surface area contributed by atoms with Crippen molar-refractivity contribution >= 4 is 0 Å². The third-order valence-electron chi connectivity index (χ3n) is 4.15. The predicted octanol–water partition coefficient (Wildman–Crippen LogP) is 0.722. The van der Waals surface area contributed by atoms with E-state index in [4.69, 9.17) is 0 Å². The van der Waals surface area contributed by atoms with E-state index in [0.29, 0.717) is 22.7 Å². The SMILES string of the molecule is CC1=[C-]C(C)C=C1C(C)(C)C.CC1=[C-]C(C)C=C1C(C)(C)C.[Cl-].[Cl-].[Hf+4]. The van der Waals surface area contributed by atoms with Crippen molar-refractivity contribution in [1.82, 2.24) is 0 Å². The van der Waals surface area contributed by atoms with Gasteiger partial charge in [0.05, 0.1) is 0 Å². The van der Waals surface area contributed by atoms with Crippen molar-refractivity contribution in [3.63, 3.8) is 0 Å². The molecule has 2 aliphatic carbocycles. The van der Waals surface area contributed by atoms with Crippen molar-refractivity contribution in [2.75, 3.05) is 0 Å². The summed E-state index contributed by atoms with van der Waals surface area (Å²) in [6.45, 7) is 22.2. The standard InChI is InChI=1S/2C11H17.2ClH.Hf/c2*1-8-6-9(2)10(7-8)11(3,4)5;;;/h2*7-8H,1-5H3;2*1H;/q2*-1;;;+4/p-2. The fourth-order valence-corrected chi connectivity index (χ4v) is 3.30. The van der Waals surface area contributed by atoms with Crippen LogP contribution in [0.1, 0.15) is 69.2 Å². The van der Waals surface area contributed by atoms with E-state index in [0.717, 1.165) is 0 Å². The largest absolute Gasteiger partial charge is 4.00 e. The maximum absolute atomic E-state index is 3.40. The normalized spacial score (nSPS) is 22.0. The van der Waals surface area contributed by atoms with E-state index < -0.39 is 0 Å². The van der Waals surface area contributed by atoms with Crippen LogP contribution in [0.3, 0.4) is 0 Å². The Bertz CT molecular complexity index is 487. The molecule has 0 aromatic rings. The van der Waals surface area contributed by atoms with E-state index in [9.17, 15) is 0 Å². The van der Waals surface area contributed by atoms with Gasteiger partial charge < -0.3 is 24.8 Å². The van der Waals surface area contributed by atoms with Gasteiger partial charge in [0.25, 0.3) is 0 Å². The summed E-state index contributed by atoms with van der Waals surface area (Å²) in [4.78, 5) is 0. The molecule has 0 saturated carbocycles. The van der Waals surface area contributed by atoms with Gasteiger partial charge in [-0.25, -0.2) is 11.1 Å². The summed E-state index contributed by atoms with van der Waals surface area (Å²) in [7, 11) is 0. The van der Waals surface area contributed by atoms with E-state index in [2.05, 4.69) is 93.5 Å². The molecule has 0 amide bonds. The molecule has 2 unspecified atom stereocenters. The Morgan fingerprint density at radius 3 is 1.00 bits per heavy atom. The Morgan fingerprint density at radius 1 is 0.680 bits per heavy atom. The van der Waals surface area contributed by atoms with Crippen molar-refractivity contribution in [2.45, 2.75) is 69.2 Å². The van der Waals surface area contributed by atoms with E-state index >= 15 is 0 Å². The van der Waals surface area contributed by atoms with E-state index in [1.807, 2.05) is 0 Å². The van der Waals surface area contributed by atoms with Crippen LogP contribution >= 0.6 is 0 Å². The fourth-order valence-electron chi connectivity index (χ4n) is 3.30. The zero-order valence-electron chi connectivity index (χ0n) is 17.6. The van der Waals surface area contributed by atoms with Gasteiger partial charge in [-0.15, -0.1) is 0 Å². The minimum Gasteiger partial charge on any atom is -1.00 e. The zero-order valence-corrected chi connectivity index (χ0v) is 22.7. The molecule has 2 rings (SSSR count). The van der Waals surface area contributed by atoms with E-state index in [1.165, 1.54) is 22.3 Å². The van der Waals surface area contributed by atoms with Crippen LogP contribution in [0.5, 0.6) is 0 Å². The molecule has 25 heavy (non-hydrogen) atoms. The first-order valence-electron chi connectivity index (χ1n) is 8.48. The molecule has 140 valence electrons. The van der Waals surface area contributed by atoms with Crippen LogP contribution in [0.4, 0.5) is 0 Å². The second-order valence-electron chi connectivity index (χ2n) is 8.78. The molecule has 0 aromatic carbocycles. The van der Waals surface area contributed by atoms with Crippen molar-refractivity contribution in [1.29, 1.82) is 0 Å². The average Bonchev–Trinajstić information content (AvgIpc) is 2.80. The monoisotopic (exact) mass is 548 g/mol. The van der Waals surface area contributed by atoms with Crippen LogP contribution in [0.25, 0.3) is 0 Å². The molecular weight excluding hydrogens is 514 g/mol. The van der Waals surface area contributed by atoms with Crippen molar-refractivity contribution < 1.29 is 50.7 Å². The summed E-state index contributed by atoms with van der Waals surface area (Å²) in [5.74, 6) is 1.04. The number of allylic oxidation sites excluding steroid dienone is 8. The van der Waals surface area contributed by atoms with E-state index in [1.54, 1.807) is 0 Å². The first kappa shape index (κ1) is 30.1. The molecule has 3 heteroatoms. The summed E-state index contributed by atoms with van der Waals surface area (Å²) in [5, 5.41) is 0. The molecule has 0 fully saturated rings. The van der Waals surface area contributed by atoms with Gasteiger partial charge in [0.1, 0.15) is 0 Å². The van der Waals surface area contributed by atoms with Crippen molar-refractivity contribution in [3.05, 3.63) is 46.6 Å². The predicted molar refractivity (Wildman–Crippen MR) is 98.3 cm³/mol. The molecule has 0 aromatic heterocycles. The van der Waals surface area contributed by atoms with Gasteiger partial charge in [-0.1, -0.05) is 91.9 Å². The van der Waals surface area contributed by atoms with Gasteiger partial charge in [0, 0.05) is 0 Å². The Hall–Kier alpha value is 0.410. The fraction of sp³-hybridized carbons (Fsp3) is 0.636. The molecular formula is C22H34Cl2Hf. The number of hydrogen-bond donors (Lipinski definition) is 0.